The number of hydrogen-bond acceptors (Lipinski definition) is 6. The van der Waals surface area contributed by atoms with Gasteiger partial charge in [-0.3, -0.25) is 10.1 Å². The Labute approximate surface area is 161 Å². The van der Waals surface area contributed by atoms with E-state index in [0.29, 0.717) is 18.1 Å². The highest BCUT2D eigenvalue weighted by atomic mass is 35.5. The van der Waals surface area contributed by atoms with Crippen LogP contribution in [0, 0.1) is 17.0 Å². The molecule has 0 amide bonds. The van der Waals surface area contributed by atoms with Crippen molar-refractivity contribution in [2.75, 3.05) is 10.6 Å². The first-order chi connectivity index (χ1) is 13.0. The zero-order chi connectivity index (χ0) is 19.2. The summed E-state index contributed by atoms with van der Waals surface area (Å²) >= 11 is 6.14. The third-order valence-corrected chi connectivity index (χ3v) is 4.27. The molecule has 8 heteroatoms. The smallest absolute Gasteiger partial charge is 0.329 e. The van der Waals surface area contributed by atoms with E-state index in [0.717, 1.165) is 16.7 Å². The number of rotatable bonds is 7. The van der Waals surface area contributed by atoms with Crippen LogP contribution in [0.2, 0.25) is 5.02 Å². The van der Waals surface area contributed by atoms with Crippen molar-refractivity contribution < 1.29 is 4.92 Å². The number of aromatic nitrogens is 2. The first-order valence-electron chi connectivity index (χ1n) is 8.31. The Kier molecular flexibility index (Phi) is 5.83. The number of hydrogen-bond donors (Lipinski definition) is 2. The van der Waals surface area contributed by atoms with E-state index in [9.17, 15) is 10.1 Å². The molecule has 1 aromatic heterocycles. The monoisotopic (exact) mass is 383 g/mol. The summed E-state index contributed by atoms with van der Waals surface area (Å²) in [4.78, 5) is 19.1. The molecule has 0 spiro atoms. The average Bonchev–Trinajstić information content (AvgIpc) is 2.65. The fourth-order valence-corrected chi connectivity index (χ4v) is 2.75. The Morgan fingerprint density at radius 1 is 1.11 bits per heavy atom. The molecular formula is C19H18ClN5O2. The third kappa shape index (κ3) is 4.92. The van der Waals surface area contributed by atoms with Crippen LogP contribution < -0.4 is 10.6 Å². The molecule has 7 nitrogen and oxygen atoms in total. The van der Waals surface area contributed by atoms with Crippen molar-refractivity contribution in [2.24, 2.45) is 0 Å². The predicted molar refractivity (Wildman–Crippen MR) is 106 cm³/mol. The van der Waals surface area contributed by atoms with E-state index >= 15 is 0 Å². The summed E-state index contributed by atoms with van der Waals surface area (Å²) in [5, 5.41) is 18.0. The molecule has 138 valence electrons. The van der Waals surface area contributed by atoms with Crippen LogP contribution in [-0.4, -0.2) is 14.9 Å². The van der Waals surface area contributed by atoms with Crippen molar-refractivity contribution >= 4 is 29.1 Å². The number of nitro groups is 1. The predicted octanol–water partition coefficient (Wildman–Crippen LogP) is 4.57. The molecule has 0 aliphatic heterocycles. The summed E-state index contributed by atoms with van der Waals surface area (Å²) in [7, 11) is 0. The van der Waals surface area contributed by atoms with Crippen molar-refractivity contribution in [3.05, 3.63) is 86.6 Å². The highest BCUT2D eigenvalue weighted by Gasteiger charge is 2.17. The fourth-order valence-electron chi connectivity index (χ4n) is 2.55. The molecule has 2 aromatic carbocycles. The maximum atomic E-state index is 11.3. The second kappa shape index (κ2) is 8.46. The zero-order valence-corrected chi connectivity index (χ0v) is 15.4. The van der Waals surface area contributed by atoms with Crippen LogP contribution in [0.1, 0.15) is 16.7 Å². The largest absolute Gasteiger partial charge is 0.360 e. The standard InChI is InChI=1S/C19H18ClN5O2/c1-13-5-4-6-14(9-13)10-21-18-17(25(26)27)12-23-19(24-18)22-11-15-7-2-3-8-16(15)20/h2-9,12H,10-11H2,1H3,(H2,21,22,23,24). The molecule has 3 rings (SSSR count). The minimum absolute atomic E-state index is 0.165. The Morgan fingerprint density at radius 2 is 1.93 bits per heavy atom. The van der Waals surface area contributed by atoms with Gasteiger partial charge in [0.05, 0.1) is 4.92 Å². The molecular weight excluding hydrogens is 366 g/mol. The molecule has 0 saturated carbocycles. The Morgan fingerprint density at radius 3 is 2.67 bits per heavy atom. The maximum absolute atomic E-state index is 11.3. The lowest BCUT2D eigenvalue weighted by Crippen LogP contribution is -2.09. The number of nitrogens with one attached hydrogen (secondary N) is 2. The van der Waals surface area contributed by atoms with Crippen molar-refractivity contribution in [3.8, 4) is 0 Å². The Balaban J connectivity index is 1.76. The van der Waals surface area contributed by atoms with Gasteiger partial charge in [-0.15, -0.1) is 0 Å². The van der Waals surface area contributed by atoms with E-state index in [4.69, 9.17) is 11.6 Å². The Bertz CT molecular complexity index is 964. The van der Waals surface area contributed by atoms with Gasteiger partial charge in [0.1, 0.15) is 6.20 Å². The van der Waals surface area contributed by atoms with Crippen molar-refractivity contribution in [2.45, 2.75) is 20.0 Å². The van der Waals surface area contributed by atoms with Crippen molar-refractivity contribution in [1.29, 1.82) is 0 Å². The van der Waals surface area contributed by atoms with Crippen LogP contribution in [0.25, 0.3) is 0 Å². The summed E-state index contributed by atoms with van der Waals surface area (Å²) in [6.45, 7) is 2.83. The first-order valence-corrected chi connectivity index (χ1v) is 8.69. The summed E-state index contributed by atoms with van der Waals surface area (Å²) < 4.78 is 0. The number of nitrogens with zero attached hydrogens (tertiary/aromatic N) is 3. The third-order valence-electron chi connectivity index (χ3n) is 3.90. The van der Waals surface area contributed by atoms with Crippen LogP contribution in [0.3, 0.4) is 0 Å². The van der Waals surface area contributed by atoms with E-state index in [2.05, 4.69) is 20.6 Å². The van der Waals surface area contributed by atoms with Gasteiger partial charge in [-0.05, 0) is 24.1 Å². The summed E-state index contributed by atoms with van der Waals surface area (Å²) in [5.74, 6) is 0.449. The lowest BCUT2D eigenvalue weighted by atomic mass is 10.1. The molecule has 0 saturated heterocycles. The van der Waals surface area contributed by atoms with Crippen molar-refractivity contribution in [1.82, 2.24) is 9.97 Å². The molecule has 0 unspecified atom stereocenters. The molecule has 0 fully saturated rings. The molecule has 1 heterocycles. The molecule has 0 bridgehead atoms. The van der Waals surface area contributed by atoms with Gasteiger partial charge >= 0.3 is 5.69 Å². The molecule has 0 aliphatic rings. The zero-order valence-electron chi connectivity index (χ0n) is 14.6. The lowest BCUT2D eigenvalue weighted by molar-refractivity contribution is -0.384. The van der Waals surface area contributed by atoms with Gasteiger partial charge in [-0.25, -0.2) is 4.98 Å². The van der Waals surface area contributed by atoms with Gasteiger partial charge in [0.15, 0.2) is 0 Å². The minimum Gasteiger partial charge on any atom is -0.360 e. The van der Waals surface area contributed by atoms with Gasteiger partial charge in [0.2, 0.25) is 11.8 Å². The quantitative estimate of drug-likeness (QED) is 0.458. The lowest BCUT2D eigenvalue weighted by Gasteiger charge is -2.10. The highest BCUT2D eigenvalue weighted by Crippen LogP contribution is 2.23. The first kappa shape index (κ1) is 18.6. The molecule has 3 aromatic rings. The summed E-state index contributed by atoms with van der Waals surface area (Å²) in [5.41, 5.74) is 2.84. The molecule has 0 atom stereocenters. The SMILES string of the molecule is Cc1cccc(CNc2nc(NCc3ccccc3Cl)ncc2[N+](=O)[O-])c1. The van der Waals surface area contributed by atoms with E-state index in [1.165, 1.54) is 6.20 Å². The van der Waals surface area contributed by atoms with E-state index in [1.807, 2.05) is 49.4 Å². The number of benzene rings is 2. The average molecular weight is 384 g/mol. The van der Waals surface area contributed by atoms with E-state index < -0.39 is 4.92 Å². The fraction of sp³-hybridized carbons (Fsp3) is 0.158. The number of anilines is 2. The van der Waals surface area contributed by atoms with Gasteiger partial charge in [0.25, 0.3) is 0 Å². The van der Waals surface area contributed by atoms with Gasteiger partial charge in [-0.1, -0.05) is 59.6 Å². The number of halogens is 1. The van der Waals surface area contributed by atoms with Crippen LogP contribution >= 0.6 is 11.6 Å². The molecule has 0 radical (unpaired) electrons. The van der Waals surface area contributed by atoms with Crippen LogP contribution in [0.4, 0.5) is 17.5 Å². The van der Waals surface area contributed by atoms with Gasteiger partial charge in [0, 0.05) is 18.1 Å². The minimum atomic E-state index is -0.504. The van der Waals surface area contributed by atoms with Crippen LogP contribution in [0.15, 0.2) is 54.7 Å². The van der Waals surface area contributed by atoms with Gasteiger partial charge < -0.3 is 10.6 Å². The molecule has 27 heavy (non-hydrogen) atoms. The molecule has 2 N–H and O–H groups in total. The normalized spacial score (nSPS) is 10.4. The van der Waals surface area contributed by atoms with Gasteiger partial charge in [-0.2, -0.15) is 4.98 Å². The second-order valence-corrected chi connectivity index (χ2v) is 6.38. The number of aryl methyl sites for hydroxylation is 1. The maximum Gasteiger partial charge on any atom is 0.329 e. The van der Waals surface area contributed by atoms with Crippen LogP contribution in [-0.2, 0) is 13.1 Å². The highest BCUT2D eigenvalue weighted by molar-refractivity contribution is 6.31. The van der Waals surface area contributed by atoms with E-state index in [-0.39, 0.29) is 17.5 Å². The second-order valence-electron chi connectivity index (χ2n) is 5.97. The van der Waals surface area contributed by atoms with E-state index in [1.54, 1.807) is 6.07 Å². The van der Waals surface area contributed by atoms with Crippen LogP contribution in [0.5, 0.6) is 0 Å². The topological polar surface area (TPSA) is 93.0 Å². The summed E-state index contributed by atoms with van der Waals surface area (Å²) in [6, 6.07) is 15.3. The van der Waals surface area contributed by atoms with Crippen molar-refractivity contribution in [3.63, 3.8) is 0 Å². The Hall–Kier alpha value is -3.19. The molecule has 0 aliphatic carbocycles. The summed E-state index contributed by atoms with van der Waals surface area (Å²) in [6.07, 6.45) is 1.19.